The molecule has 2 amide bonds. The van der Waals surface area contributed by atoms with E-state index in [1.807, 2.05) is 0 Å². The lowest BCUT2D eigenvalue weighted by molar-refractivity contribution is -0.127. The van der Waals surface area contributed by atoms with Gasteiger partial charge in [-0.3, -0.25) is 14.5 Å². The number of nitrogen functional groups attached to an aromatic ring is 1. The zero-order valence-electron chi connectivity index (χ0n) is 13.6. The summed E-state index contributed by atoms with van der Waals surface area (Å²) in [5, 5.41) is 18.9. The molecule has 6 heteroatoms. The molecule has 126 valence electrons. The van der Waals surface area contributed by atoms with E-state index < -0.39 is 5.92 Å². The summed E-state index contributed by atoms with van der Waals surface area (Å²) in [5.74, 6) is -1.68. The van der Waals surface area contributed by atoms with Crippen molar-refractivity contribution < 1.29 is 19.8 Å². The first kappa shape index (κ1) is 17.3. The first-order chi connectivity index (χ1) is 11.3. The Morgan fingerprint density at radius 1 is 1.08 bits per heavy atom. The SMILES string of the molecule is CC(=O)N(C(=O)C(C)Cc1ccc(O)c(O)c1)c1ccc(N)cc1. The van der Waals surface area contributed by atoms with Crippen molar-refractivity contribution in [1.82, 2.24) is 0 Å². The minimum absolute atomic E-state index is 0.218. The molecule has 0 saturated heterocycles. The lowest BCUT2D eigenvalue weighted by Crippen LogP contribution is -2.39. The third kappa shape index (κ3) is 3.84. The molecule has 6 nitrogen and oxygen atoms in total. The first-order valence-corrected chi connectivity index (χ1v) is 7.50. The average Bonchev–Trinajstić information content (AvgIpc) is 2.52. The lowest BCUT2D eigenvalue weighted by Gasteiger charge is -2.23. The molecule has 2 rings (SSSR count). The summed E-state index contributed by atoms with van der Waals surface area (Å²) < 4.78 is 0. The van der Waals surface area contributed by atoms with Crippen molar-refractivity contribution in [3.63, 3.8) is 0 Å². The number of imide groups is 1. The van der Waals surface area contributed by atoms with Crippen LogP contribution in [0.2, 0.25) is 0 Å². The van der Waals surface area contributed by atoms with Crippen LogP contribution in [0, 0.1) is 5.92 Å². The minimum atomic E-state index is -0.490. The molecule has 0 heterocycles. The van der Waals surface area contributed by atoms with Gasteiger partial charge in [-0.15, -0.1) is 0 Å². The van der Waals surface area contributed by atoms with Crippen LogP contribution in [0.4, 0.5) is 11.4 Å². The number of rotatable bonds is 4. The molecule has 2 aromatic rings. The Kier molecular flexibility index (Phi) is 5.08. The molecule has 0 aliphatic rings. The zero-order valence-corrected chi connectivity index (χ0v) is 13.6. The summed E-state index contributed by atoms with van der Waals surface area (Å²) in [6, 6.07) is 10.9. The van der Waals surface area contributed by atoms with Gasteiger partial charge in [-0.2, -0.15) is 0 Å². The number of benzene rings is 2. The van der Waals surface area contributed by atoms with E-state index in [0.29, 0.717) is 23.4 Å². The van der Waals surface area contributed by atoms with Crippen molar-refractivity contribution in [1.29, 1.82) is 0 Å². The molecule has 0 aliphatic heterocycles. The van der Waals surface area contributed by atoms with E-state index in [0.717, 1.165) is 4.90 Å². The standard InChI is InChI=1S/C18H20N2O4/c1-11(9-13-3-8-16(22)17(23)10-13)18(24)20(12(2)21)15-6-4-14(19)5-7-15/h3-8,10-11,22-23H,9,19H2,1-2H3. The van der Waals surface area contributed by atoms with E-state index in [9.17, 15) is 19.8 Å². The molecule has 0 spiro atoms. The smallest absolute Gasteiger partial charge is 0.236 e. The molecular formula is C18H20N2O4. The number of phenolic OH excluding ortho intramolecular Hbond substituents is 2. The van der Waals surface area contributed by atoms with Gasteiger partial charge in [0, 0.05) is 18.5 Å². The van der Waals surface area contributed by atoms with Crippen molar-refractivity contribution in [3.05, 3.63) is 48.0 Å². The molecule has 0 radical (unpaired) electrons. The Balaban J connectivity index is 2.21. The fourth-order valence-corrected chi connectivity index (χ4v) is 2.44. The Labute approximate surface area is 140 Å². The Morgan fingerprint density at radius 3 is 2.25 bits per heavy atom. The highest BCUT2D eigenvalue weighted by molar-refractivity contribution is 6.14. The maximum Gasteiger partial charge on any atom is 0.236 e. The van der Waals surface area contributed by atoms with Gasteiger partial charge in [-0.1, -0.05) is 13.0 Å². The normalized spacial score (nSPS) is 11.8. The number of carbonyl (C=O) groups is 2. The van der Waals surface area contributed by atoms with Gasteiger partial charge < -0.3 is 15.9 Å². The molecule has 24 heavy (non-hydrogen) atoms. The maximum absolute atomic E-state index is 12.7. The molecule has 0 aromatic heterocycles. The van der Waals surface area contributed by atoms with Crippen molar-refractivity contribution in [2.75, 3.05) is 10.6 Å². The third-order valence-electron chi connectivity index (χ3n) is 3.69. The van der Waals surface area contributed by atoms with Gasteiger partial charge in [0.2, 0.25) is 11.8 Å². The van der Waals surface area contributed by atoms with Crippen molar-refractivity contribution >= 4 is 23.2 Å². The molecule has 1 atom stereocenters. The Morgan fingerprint density at radius 2 is 1.71 bits per heavy atom. The number of hydrogen-bond acceptors (Lipinski definition) is 5. The van der Waals surface area contributed by atoms with E-state index in [1.165, 1.54) is 19.1 Å². The second-order valence-corrected chi connectivity index (χ2v) is 5.71. The van der Waals surface area contributed by atoms with Crippen LogP contribution in [0.3, 0.4) is 0 Å². The zero-order chi connectivity index (χ0) is 17.9. The van der Waals surface area contributed by atoms with E-state index in [2.05, 4.69) is 0 Å². The highest BCUT2D eigenvalue weighted by atomic mass is 16.3. The van der Waals surface area contributed by atoms with Crippen LogP contribution in [0.25, 0.3) is 0 Å². The summed E-state index contributed by atoms with van der Waals surface area (Å²) in [6.07, 6.45) is 0.325. The Hall–Kier alpha value is -3.02. The number of carbonyl (C=O) groups excluding carboxylic acids is 2. The number of phenols is 2. The minimum Gasteiger partial charge on any atom is -0.504 e. The number of hydrogen-bond donors (Lipinski definition) is 3. The number of aromatic hydroxyl groups is 2. The van der Waals surface area contributed by atoms with E-state index in [1.54, 1.807) is 37.3 Å². The van der Waals surface area contributed by atoms with Gasteiger partial charge in [0.1, 0.15) is 0 Å². The number of anilines is 2. The summed E-state index contributed by atoms with van der Waals surface area (Å²) in [5.41, 5.74) is 7.33. The van der Waals surface area contributed by atoms with Gasteiger partial charge in [-0.05, 0) is 48.4 Å². The largest absolute Gasteiger partial charge is 0.504 e. The van der Waals surface area contributed by atoms with Crippen LogP contribution in [0.15, 0.2) is 42.5 Å². The summed E-state index contributed by atoms with van der Waals surface area (Å²) in [7, 11) is 0. The first-order valence-electron chi connectivity index (χ1n) is 7.50. The van der Waals surface area contributed by atoms with Crippen LogP contribution in [0.5, 0.6) is 11.5 Å². The van der Waals surface area contributed by atoms with Crippen LogP contribution >= 0.6 is 0 Å². The molecule has 0 bridgehead atoms. The summed E-state index contributed by atoms with van der Waals surface area (Å²) >= 11 is 0. The quantitative estimate of drug-likeness (QED) is 0.591. The van der Waals surface area contributed by atoms with E-state index in [4.69, 9.17) is 5.73 Å². The van der Waals surface area contributed by atoms with Crippen LogP contribution in [0.1, 0.15) is 19.4 Å². The van der Waals surface area contributed by atoms with Crippen molar-refractivity contribution in [3.8, 4) is 11.5 Å². The highest BCUT2D eigenvalue weighted by Crippen LogP contribution is 2.27. The second-order valence-electron chi connectivity index (χ2n) is 5.71. The monoisotopic (exact) mass is 328 g/mol. The molecule has 1 unspecified atom stereocenters. The number of amides is 2. The molecule has 4 N–H and O–H groups in total. The number of nitrogens with two attached hydrogens (primary N) is 1. The predicted molar refractivity (Wildman–Crippen MR) is 91.7 cm³/mol. The lowest BCUT2D eigenvalue weighted by atomic mass is 9.99. The van der Waals surface area contributed by atoms with Crippen LogP contribution < -0.4 is 10.6 Å². The van der Waals surface area contributed by atoms with Crippen LogP contribution in [-0.2, 0) is 16.0 Å². The van der Waals surface area contributed by atoms with Gasteiger partial charge >= 0.3 is 0 Å². The fourth-order valence-electron chi connectivity index (χ4n) is 2.44. The Bertz CT molecular complexity index is 756. The fraction of sp³-hybridized carbons (Fsp3) is 0.222. The third-order valence-corrected chi connectivity index (χ3v) is 3.69. The molecule has 0 saturated carbocycles. The van der Waals surface area contributed by atoms with Gasteiger partial charge in [0.25, 0.3) is 0 Å². The molecular weight excluding hydrogens is 308 g/mol. The molecule has 0 fully saturated rings. The average molecular weight is 328 g/mol. The molecule has 0 aliphatic carbocycles. The van der Waals surface area contributed by atoms with Gasteiger partial charge in [0.05, 0.1) is 5.69 Å². The predicted octanol–water partition coefficient (Wildman–Crippen LogP) is 2.44. The summed E-state index contributed by atoms with van der Waals surface area (Å²) in [4.78, 5) is 25.7. The maximum atomic E-state index is 12.7. The van der Waals surface area contributed by atoms with Gasteiger partial charge in [-0.25, -0.2) is 0 Å². The van der Waals surface area contributed by atoms with Gasteiger partial charge in [0.15, 0.2) is 11.5 Å². The summed E-state index contributed by atoms with van der Waals surface area (Å²) in [6.45, 7) is 3.03. The number of nitrogens with zero attached hydrogens (tertiary/aromatic N) is 1. The molecule has 2 aromatic carbocycles. The van der Waals surface area contributed by atoms with E-state index in [-0.39, 0.29) is 23.3 Å². The topological polar surface area (TPSA) is 104 Å². The van der Waals surface area contributed by atoms with E-state index >= 15 is 0 Å². The van der Waals surface area contributed by atoms with Crippen LogP contribution in [-0.4, -0.2) is 22.0 Å². The second kappa shape index (κ2) is 7.04. The van der Waals surface area contributed by atoms with Crippen molar-refractivity contribution in [2.24, 2.45) is 5.92 Å². The highest BCUT2D eigenvalue weighted by Gasteiger charge is 2.25. The van der Waals surface area contributed by atoms with Crippen molar-refractivity contribution in [2.45, 2.75) is 20.3 Å².